The topological polar surface area (TPSA) is 108 Å². The summed E-state index contributed by atoms with van der Waals surface area (Å²) in [5.74, 6) is -1.49. The number of likely N-dealkylation sites (tertiary alicyclic amines) is 1. The average molecular weight is 459 g/mol. The van der Waals surface area contributed by atoms with E-state index in [2.05, 4.69) is 5.10 Å². The van der Waals surface area contributed by atoms with Crippen LogP contribution in [0, 0.1) is 19.8 Å². The number of carbonyl (C=O) groups excluding carboxylic acids is 3. The van der Waals surface area contributed by atoms with E-state index in [4.69, 9.17) is 22.1 Å². The first-order chi connectivity index (χ1) is 15.2. The molecule has 8 nitrogen and oxygen atoms in total. The van der Waals surface area contributed by atoms with E-state index in [9.17, 15) is 14.4 Å². The molecule has 2 amide bonds. The molecule has 0 radical (unpaired) electrons. The van der Waals surface area contributed by atoms with Crippen molar-refractivity contribution in [3.05, 3.63) is 57.9 Å². The predicted octanol–water partition coefficient (Wildman–Crippen LogP) is 2.48. The first-order valence-electron chi connectivity index (χ1n) is 10.4. The lowest BCUT2D eigenvalue weighted by atomic mass is 9.96. The van der Waals surface area contributed by atoms with E-state index in [-0.39, 0.29) is 24.3 Å². The Balaban J connectivity index is 1.53. The van der Waals surface area contributed by atoms with Gasteiger partial charge in [0, 0.05) is 30.6 Å². The third kappa shape index (κ3) is 5.97. The SMILES string of the molecule is Cc1ccc(Cn2nc(C)c(/C=C/C(=O)OCC(=O)N3CCC(C(N)=O)CC3)c2Cl)cc1. The standard InChI is InChI=1S/C23H27ClN4O4/c1-15-3-5-17(6-4-15)13-28-22(24)19(16(2)26-28)7-8-21(30)32-14-20(29)27-11-9-18(10-12-27)23(25)31/h3-8,18H,9-14H2,1-2H3,(H2,25,31)/b8-7+. The number of esters is 1. The van der Waals surface area contributed by atoms with Crippen LogP contribution in [0.4, 0.5) is 0 Å². The summed E-state index contributed by atoms with van der Waals surface area (Å²) >= 11 is 6.46. The second-order valence-electron chi connectivity index (χ2n) is 7.93. The number of hydrogen-bond donors (Lipinski definition) is 1. The third-order valence-electron chi connectivity index (χ3n) is 5.54. The molecule has 0 bridgehead atoms. The highest BCUT2D eigenvalue weighted by atomic mass is 35.5. The highest BCUT2D eigenvalue weighted by molar-refractivity contribution is 6.31. The molecule has 2 heterocycles. The van der Waals surface area contributed by atoms with E-state index in [1.54, 1.807) is 15.7 Å². The predicted molar refractivity (Wildman–Crippen MR) is 121 cm³/mol. The van der Waals surface area contributed by atoms with Crippen LogP contribution in [0.5, 0.6) is 0 Å². The highest BCUT2D eigenvalue weighted by Gasteiger charge is 2.26. The van der Waals surface area contributed by atoms with E-state index in [0.717, 1.165) is 5.56 Å². The Morgan fingerprint density at radius 2 is 1.84 bits per heavy atom. The zero-order valence-electron chi connectivity index (χ0n) is 18.2. The average Bonchev–Trinajstić information content (AvgIpc) is 3.04. The summed E-state index contributed by atoms with van der Waals surface area (Å²) in [7, 11) is 0. The maximum absolute atomic E-state index is 12.2. The van der Waals surface area contributed by atoms with Crippen LogP contribution >= 0.6 is 11.6 Å². The molecule has 0 atom stereocenters. The highest BCUT2D eigenvalue weighted by Crippen LogP contribution is 2.22. The molecule has 0 aliphatic carbocycles. The zero-order valence-corrected chi connectivity index (χ0v) is 19.0. The van der Waals surface area contributed by atoms with Crippen molar-refractivity contribution in [3.63, 3.8) is 0 Å². The van der Waals surface area contributed by atoms with Crippen LogP contribution in [0.3, 0.4) is 0 Å². The minimum atomic E-state index is -0.646. The van der Waals surface area contributed by atoms with Crippen LogP contribution < -0.4 is 5.73 Å². The van der Waals surface area contributed by atoms with Gasteiger partial charge >= 0.3 is 5.97 Å². The largest absolute Gasteiger partial charge is 0.452 e. The molecule has 0 spiro atoms. The Morgan fingerprint density at radius 3 is 2.47 bits per heavy atom. The number of aryl methyl sites for hydroxylation is 2. The fraction of sp³-hybridized carbons (Fsp3) is 0.391. The van der Waals surface area contributed by atoms with Crippen molar-refractivity contribution in [3.8, 4) is 0 Å². The molecule has 32 heavy (non-hydrogen) atoms. The lowest BCUT2D eigenvalue weighted by Crippen LogP contribution is -2.43. The normalized spacial score (nSPS) is 14.7. The summed E-state index contributed by atoms with van der Waals surface area (Å²) < 4.78 is 6.74. The molecule has 1 fully saturated rings. The Hall–Kier alpha value is -3.13. The van der Waals surface area contributed by atoms with Crippen LogP contribution in [-0.4, -0.2) is 52.2 Å². The molecule has 1 aliphatic rings. The maximum Gasteiger partial charge on any atom is 0.331 e. The quantitative estimate of drug-likeness (QED) is 0.506. The number of amides is 2. The fourth-order valence-corrected chi connectivity index (χ4v) is 3.86. The van der Waals surface area contributed by atoms with Crippen LogP contribution in [0.15, 0.2) is 30.3 Å². The monoisotopic (exact) mass is 458 g/mol. The number of rotatable bonds is 7. The minimum absolute atomic E-state index is 0.204. The number of benzene rings is 1. The number of nitrogens with zero attached hydrogens (tertiary/aromatic N) is 3. The number of piperidine rings is 1. The maximum atomic E-state index is 12.2. The lowest BCUT2D eigenvalue weighted by molar-refractivity contribution is -0.149. The molecule has 0 saturated carbocycles. The third-order valence-corrected chi connectivity index (χ3v) is 5.94. The van der Waals surface area contributed by atoms with Crippen LogP contribution in [0.1, 0.15) is 35.2 Å². The Kier molecular flexibility index (Phi) is 7.69. The first-order valence-corrected chi connectivity index (χ1v) is 10.8. The van der Waals surface area contributed by atoms with Gasteiger partial charge in [0.05, 0.1) is 12.2 Å². The van der Waals surface area contributed by atoms with Gasteiger partial charge in [0.2, 0.25) is 5.91 Å². The Bertz CT molecular complexity index is 1020. The zero-order chi connectivity index (χ0) is 23.3. The van der Waals surface area contributed by atoms with Crippen LogP contribution in [0.2, 0.25) is 5.15 Å². The molecule has 170 valence electrons. The van der Waals surface area contributed by atoms with Crippen LogP contribution in [0.25, 0.3) is 6.08 Å². The van der Waals surface area contributed by atoms with Gasteiger partial charge in [-0.2, -0.15) is 5.10 Å². The van der Waals surface area contributed by atoms with Gasteiger partial charge in [0.15, 0.2) is 6.61 Å². The van der Waals surface area contributed by atoms with Crippen molar-refractivity contribution in [1.29, 1.82) is 0 Å². The molecule has 2 aromatic rings. The van der Waals surface area contributed by atoms with Gasteiger partial charge < -0.3 is 15.4 Å². The van der Waals surface area contributed by atoms with E-state index in [1.165, 1.54) is 11.6 Å². The number of ether oxygens (including phenoxy) is 1. The molecule has 3 rings (SSSR count). The molecular formula is C23H27ClN4O4. The van der Waals surface area contributed by atoms with Crippen molar-refractivity contribution in [2.75, 3.05) is 19.7 Å². The summed E-state index contributed by atoms with van der Waals surface area (Å²) in [6, 6.07) is 8.08. The second kappa shape index (κ2) is 10.5. The molecule has 2 N–H and O–H groups in total. The fourth-order valence-electron chi connectivity index (χ4n) is 3.56. The number of halogens is 1. The number of primary amides is 1. The number of nitrogens with two attached hydrogens (primary N) is 1. The van der Waals surface area contributed by atoms with Crippen LogP contribution in [-0.2, 0) is 25.7 Å². The Morgan fingerprint density at radius 1 is 1.19 bits per heavy atom. The summed E-state index contributed by atoms with van der Waals surface area (Å²) in [6.07, 6.45) is 3.83. The molecule has 0 unspecified atom stereocenters. The molecule has 1 saturated heterocycles. The van der Waals surface area contributed by atoms with Gasteiger partial charge in [-0.3, -0.25) is 9.59 Å². The van der Waals surface area contributed by atoms with Gasteiger partial charge in [-0.1, -0.05) is 41.4 Å². The van der Waals surface area contributed by atoms with Crippen molar-refractivity contribution in [2.24, 2.45) is 11.7 Å². The molecule has 1 aromatic carbocycles. The molecule has 9 heteroatoms. The van der Waals surface area contributed by atoms with Gasteiger partial charge in [0.1, 0.15) is 5.15 Å². The molecule has 1 aromatic heterocycles. The number of carbonyl (C=O) groups is 3. The van der Waals surface area contributed by atoms with Gasteiger partial charge in [0.25, 0.3) is 5.91 Å². The molecular weight excluding hydrogens is 432 g/mol. The number of hydrogen-bond acceptors (Lipinski definition) is 5. The van der Waals surface area contributed by atoms with E-state index in [1.807, 2.05) is 38.1 Å². The lowest BCUT2D eigenvalue weighted by Gasteiger charge is -2.30. The summed E-state index contributed by atoms with van der Waals surface area (Å²) in [6.45, 7) is 4.84. The van der Waals surface area contributed by atoms with Gasteiger partial charge in [-0.15, -0.1) is 0 Å². The van der Waals surface area contributed by atoms with Crippen molar-refractivity contribution < 1.29 is 19.1 Å². The van der Waals surface area contributed by atoms with Crippen molar-refractivity contribution in [2.45, 2.75) is 33.2 Å². The number of aromatic nitrogens is 2. The van der Waals surface area contributed by atoms with E-state index >= 15 is 0 Å². The first kappa shape index (κ1) is 23.5. The van der Waals surface area contributed by atoms with E-state index in [0.29, 0.717) is 48.9 Å². The second-order valence-corrected chi connectivity index (χ2v) is 8.29. The minimum Gasteiger partial charge on any atom is -0.452 e. The summed E-state index contributed by atoms with van der Waals surface area (Å²) in [5.41, 5.74) is 8.84. The van der Waals surface area contributed by atoms with Gasteiger partial charge in [-0.05, 0) is 38.3 Å². The summed E-state index contributed by atoms with van der Waals surface area (Å²) in [5, 5.41) is 4.86. The van der Waals surface area contributed by atoms with E-state index < -0.39 is 5.97 Å². The van der Waals surface area contributed by atoms with Gasteiger partial charge in [-0.25, -0.2) is 9.48 Å². The van der Waals surface area contributed by atoms with Crippen molar-refractivity contribution >= 4 is 35.5 Å². The smallest absolute Gasteiger partial charge is 0.331 e. The molecule has 1 aliphatic heterocycles. The van der Waals surface area contributed by atoms with Crippen molar-refractivity contribution in [1.82, 2.24) is 14.7 Å². The Labute approximate surface area is 192 Å². The summed E-state index contributed by atoms with van der Waals surface area (Å²) in [4.78, 5) is 37.1.